The van der Waals surface area contributed by atoms with Gasteiger partial charge in [-0.3, -0.25) is 0 Å². The van der Waals surface area contributed by atoms with Gasteiger partial charge in [0.05, 0.1) is 0 Å². The van der Waals surface area contributed by atoms with Crippen LogP contribution in [0.2, 0.25) is 0 Å². The van der Waals surface area contributed by atoms with Crippen LogP contribution in [-0.2, 0) is 26.5 Å². The molecule has 0 saturated carbocycles. The maximum atomic E-state index is 6.45. The number of nitrogens with zero attached hydrogens (tertiary/aromatic N) is 4. The molecule has 3 aromatic heterocycles. The van der Waals surface area contributed by atoms with Gasteiger partial charge >= 0.3 is 28.1 Å². The first-order valence-electron chi connectivity index (χ1n) is 15.0. The Kier molecular flexibility index (Phi) is 7.66. The van der Waals surface area contributed by atoms with Gasteiger partial charge in [0.15, 0.2) is 0 Å². The predicted molar refractivity (Wildman–Crippen MR) is 180 cm³/mol. The average molecular weight is 780 g/mol. The van der Waals surface area contributed by atoms with Gasteiger partial charge in [0.2, 0.25) is 0 Å². The summed E-state index contributed by atoms with van der Waals surface area (Å²) in [5.41, 5.74) is 4.95. The van der Waals surface area contributed by atoms with Crippen LogP contribution in [0.3, 0.4) is 0 Å². The van der Waals surface area contributed by atoms with Gasteiger partial charge in [-0.1, -0.05) is 80.9 Å². The first kappa shape index (κ1) is 29.8. The summed E-state index contributed by atoms with van der Waals surface area (Å²) in [6, 6.07) is 43.5. The van der Waals surface area contributed by atoms with E-state index in [1.807, 2.05) is 60.8 Å². The Morgan fingerprint density at radius 3 is 2.26 bits per heavy atom. The molecule has 8 rings (SSSR count). The minimum absolute atomic E-state index is 0. The van der Waals surface area contributed by atoms with Gasteiger partial charge in [0.25, 0.3) is 0 Å². The Morgan fingerprint density at radius 1 is 0.717 bits per heavy atom. The van der Waals surface area contributed by atoms with Crippen molar-refractivity contribution in [3.63, 3.8) is 0 Å². The van der Waals surface area contributed by atoms with Gasteiger partial charge in [-0.2, -0.15) is 6.07 Å². The quantitative estimate of drug-likeness (QED) is 0.130. The molecule has 0 atom stereocenters. The SMILES string of the molecule is CC(C)(C)c1ccnc(-n2c3[c-]c(Oc4[c-]c5c(cc4)OB(c4ccccc4)N5c4ccccn4)ccc3c3ccccc32)c1.[Pt+2]. The maximum Gasteiger partial charge on any atom is 2.00 e. The number of anilines is 2. The van der Waals surface area contributed by atoms with Crippen LogP contribution in [0.15, 0.2) is 122 Å². The molecule has 0 N–H and O–H groups in total. The molecular formula is C38H29BN4O2Pt. The fourth-order valence-corrected chi connectivity index (χ4v) is 5.94. The zero-order valence-electron chi connectivity index (χ0n) is 25.5. The average Bonchev–Trinajstić information content (AvgIpc) is 3.61. The van der Waals surface area contributed by atoms with Crippen molar-refractivity contribution in [2.45, 2.75) is 26.2 Å². The Hall–Kier alpha value is -4.87. The fourth-order valence-electron chi connectivity index (χ4n) is 5.94. The molecule has 8 heteroatoms. The van der Waals surface area contributed by atoms with Crippen LogP contribution >= 0.6 is 0 Å². The Morgan fingerprint density at radius 2 is 1.46 bits per heavy atom. The molecule has 6 nitrogen and oxygen atoms in total. The fraction of sp³-hybridized carbons (Fsp3) is 0.105. The number of fused-ring (bicyclic) bond motifs is 4. The third kappa shape index (κ3) is 5.25. The molecular weight excluding hydrogens is 750 g/mol. The van der Waals surface area contributed by atoms with E-state index in [1.54, 1.807) is 6.20 Å². The minimum Gasteiger partial charge on any atom is -0.599 e. The summed E-state index contributed by atoms with van der Waals surface area (Å²) in [7, 11) is -0.377. The molecule has 1 aliphatic heterocycles. The predicted octanol–water partition coefficient (Wildman–Crippen LogP) is 8.19. The van der Waals surface area contributed by atoms with Crippen molar-refractivity contribution in [3.8, 4) is 23.1 Å². The van der Waals surface area contributed by atoms with E-state index in [0.29, 0.717) is 17.2 Å². The topological polar surface area (TPSA) is 52.4 Å². The number of rotatable bonds is 5. The summed E-state index contributed by atoms with van der Waals surface area (Å²) in [4.78, 5) is 11.5. The van der Waals surface area contributed by atoms with E-state index >= 15 is 0 Å². The zero-order chi connectivity index (χ0) is 30.5. The Bertz CT molecular complexity index is 2180. The molecule has 46 heavy (non-hydrogen) atoms. The molecule has 0 radical (unpaired) electrons. The molecule has 0 spiro atoms. The maximum absolute atomic E-state index is 6.45. The molecule has 4 heterocycles. The van der Waals surface area contributed by atoms with Crippen molar-refractivity contribution in [1.29, 1.82) is 0 Å². The van der Waals surface area contributed by atoms with E-state index in [-0.39, 0.29) is 33.5 Å². The van der Waals surface area contributed by atoms with Crippen molar-refractivity contribution >= 4 is 45.8 Å². The van der Waals surface area contributed by atoms with E-state index in [4.69, 9.17) is 14.4 Å². The smallest absolute Gasteiger partial charge is 0.599 e. The summed E-state index contributed by atoms with van der Waals surface area (Å²) < 4.78 is 15.1. The number of benzene rings is 4. The standard InChI is InChI=1S/C38H29BN4O2.Pt/c1-38(2,3)26-20-22-41-37(23-26)42-32-14-8-7-13-30(32)31-18-16-28(24-33(31)42)44-29-17-19-35-34(25-29)43(36-15-9-10-21-40-36)39(45-35)27-11-5-4-6-12-27;/h4-23H,1-3H3;/q-2;+2. The number of para-hydroxylation sites is 1. The van der Waals surface area contributed by atoms with E-state index in [9.17, 15) is 0 Å². The van der Waals surface area contributed by atoms with Crippen molar-refractivity contribution in [1.82, 2.24) is 14.5 Å². The third-order valence-electron chi connectivity index (χ3n) is 8.17. The van der Waals surface area contributed by atoms with Gasteiger partial charge in [0.1, 0.15) is 11.6 Å². The van der Waals surface area contributed by atoms with E-state index < -0.39 is 0 Å². The minimum atomic E-state index is -0.377. The van der Waals surface area contributed by atoms with Gasteiger partial charge in [-0.05, 0) is 57.8 Å². The summed E-state index contributed by atoms with van der Waals surface area (Å²) >= 11 is 0. The van der Waals surface area contributed by atoms with Gasteiger partial charge in [-0.25, -0.2) is 9.97 Å². The summed E-state index contributed by atoms with van der Waals surface area (Å²) in [5.74, 6) is 3.46. The number of ether oxygens (including phenoxy) is 1. The molecule has 226 valence electrons. The third-order valence-corrected chi connectivity index (χ3v) is 8.17. The summed E-state index contributed by atoms with van der Waals surface area (Å²) in [6.45, 7) is 6.64. The second-order valence-corrected chi connectivity index (χ2v) is 12.2. The van der Waals surface area contributed by atoms with Gasteiger partial charge in [-0.15, -0.1) is 35.7 Å². The second kappa shape index (κ2) is 11.8. The van der Waals surface area contributed by atoms with Crippen LogP contribution in [0.1, 0.15) is 26.3 Å². The van der Waals surface area contributed by atoms with Gasteiger partial charge in [0, 0.05) is 35.2 Å². The first-order valence-corrected chi connectivity index (χ1v) is 15.0. The number of aromatic nitrogens is 3. The number of hydrogen-bond acceptors (Lipinski definition) is 5. The summed E-state index contributed by atoms with van der Waals surface area (Å²) in [5, 5.41) is 2.22. The van der Waals surface area contributed by atoms with Gasteiger partial charge < -0.3 is 18.8 Å². The largest absolute Gasteiger partial charge is 2.00 e. The monoisotopic (exact) mass is 779 g/mol. The van der Waals surface area contributed by atoms with Crippen LogP contribution in [0.4, 0.5) is 11.5 Å². The van der Waals surface area contributed by atoms with Crippen molar-refractivity contribution in [3.05, 3.63) is 139 Å². The molecule has 0 saturated heterocycles. The molecule has 0 aliphatic carbocycles. The molecule has 0 amide bonds. The molecule has 7 aromatic rings. The van der Waals surface area contributed by atoms with E-state index in [1.165, 1.54) is 5.56 Å². The van der Waals surface area contributed by atoms with Crippen molar-refractivity contribution in [2.24, 2.45) is 0 Å². The van der Waals surface area contributed by atoms with Crippen molar-refractivity contribution < 1.29 is 30.5 Å². The molecule has 0 bridgehead atoms. The number of hydrogen-bond donors (Lipinski definition) is 0. The van der Waals surface area contributed by atoms with E-state index in [0.717, 1.165) is 44.6 Å². The van der Waals surface area contributed by atoms with Crippen LogP contribution < -0.4 is 19.7 Å². The van der Waals surface area contributed by atoms with Crippen LogP contribution in [0.25, 0.3) is 27.6 Å². The van der Waals surface area contributed by atoms with Crippen molar-refractivity contribution in [2.75, 3.05) is 4.81 Å². The number of pyridine rings is 2. The Labute approximate surface area is 283 Å². The molecule has 0 unspecified atom stereocenters. The molecule has 0 fully saturated rings. The Balaban J connectivity index is 0.00000338. The normalized spacial score (nSPS) is 12.6. The van der Waals surface area contributed by atoms with Crippen LogP contribution in [-0.4, -0.2) is 21.6 Å². The second-order valence-electron chi connectivity index (χ2n) is 12.2. The van der Waals surface area contributed by atoms with Crippen LogP contribution in [0, 0.1) is 12.1 Å². The molecule has 1 aliphatic rings. The van der Waals surface area contributed by atoms with E-state index in [2.05, 4.69) is 102 Å². The zero-order valence-corrected chi connectivity index (χ0v) is 27.8. The summed E-state index contributed by atoms with van der Waals surface area (Å²) in [6.07, 6.45) is 3.67. The van der Waals surface area contributed by atoms with Crippen LogP contribution in [0.5, 0.6) is 17.2 Å². The molecule has 4 aromatic carbocycles. The first-order chi connectivity index (χ1) is 21.9.